The number of nitrogens with zero attached hydrogens (tertiary/aromatic N) is 2. The zero-order valence-electron chi connectivity index (χ0n) is 17.3. The molecule has 0 radical (unpaired) electrons. The van der Waals surface area contributed by atoms with E-state index in [2.05, 4.69) is 51.9 Å². The summed E-state index contributed by atoms with van der Waals surface area (Å²) in [6, 6.07) is 36.8. The van der Waals surface area contributed by atoms with Gasteiger partial charge in [0.05, 0.1) is 5.52 Å². The van der Waals surface area contributed by atoms with Crippen LogP contribution in [0.3, 0.4) is 0 Å². The lowest BCUT2D eigenvalue weighted by molar-refractivity contribution is 1.08. The summed E-state index contributed by atoms with van der Waals surface area (Å²) in [6.07, 6.45) is 1.93. The van der Waals surface area contributed by atoms with E-state index < -0.39 is 0 Å². The number of benzene rings is 4. The molecule has 31 heavy (non-hydrogen) atoms. The van der Waals surface area contributed by atoms with Crippen LogP contribution in [0.1, 0.15) is 5.56 Å². The second-order valence-electron chi connectivity index (χ2n) is 7.55. The van der Waals surface area contributed by atoms with E-state index in [-0.39, 0.29) is 5.43 Å². The molecule has 0 atom stereocenters. The minimum atomic E-state index is 0.0692. The summed E-state index contributed by atoms with van der Waals surface area (Å²) < 4.78 is 2.10. The van der Waals surface area contributed by atoms with Crippen LogP contribution in [-0.2, 0) is 0 Å². The third-order valence-corrected chi connectivity index (χ3v) is 5.49. The minimum Gasteiger partial charge on any atom is -0.316 e. The summed E-state index contributed by atoms with van der Waals surface area (Å²) in [7, 11) is 0. The summed E-state index contributed by atoms with van der Waals surface area (Å²) >= 11 is 0. The molecule has 0 saturated carbocycles. The highest BCUT2D eigenvalue weighted by Gasteiger charge is 2.15. The predicted molar refractivity (Wildman–Crippen MR) is 129 cm³/mol. The van der Waals surface area contributed by atoms with Crippen molar-refractivity contribution in [2.45, 2.75) is 6.92 Å². The third-order valence-electron chi connectivity index (χ3n) is 5.49. The van der Waals surface area contributed by atoms with Gasteiger partial charge in [-0.1, -0.05) is 54.6 Å². The Labute approximate surface area is 181 Å². The van der Waals surface area contributed by atoms with Gasteiger partial charge in [-0.15, -0.1) is 0 Å². The largest absolute Gasteiger partial charge is 0.316 e. The number of anilines is 3. The van der Waals surface area contributed by atoms with Crippen LogP contribution in [-0.4, -0.2) is 4.57 Å². The van der Waals surface area contributed by atoms with Gasteiger partial charge < -0.3 is 9.47 Å². The first-order chi connectivity index (χ1) is 15.2. The van der Waals surface area contributed by atoms with Crippen LogP contribution >= 0.6 is 0 Å². The Balaban J connectivity index is 1.78. The molecular weight excluding hydrogens is 380 g/mol. The first-order valence-corrected chi connectivity index (χ1v) is 10.3. The second kappa shape index (κ2) is 7.96. The first-order valence-electron chi connectivity index (χ1n) is 10.3. The van der Waals surface area contributed by atoms with Crippen molar-refractivity contribution in [2.75, 3.05) is 4.90 Å². The van der Waals surface area contributed by atoms with Crippen LogP contribution in [0, 0.1) is 6.92 Å². The molecule has 0 spiro atoms. The lowest BCUT2D eigenvalue weighted by atomic mass is 10.1. The summed E-state index contributed by atoms with van der Waals surface area (Å²) in [6.45, 7) is 1.87. The summed E-state index contributed by atoms with van der Waals surface area (Å²) in [5.74, 6) is 0. The number of rotatable bonds is 4. The average molecular weight is 402 g/mol. The highest BCUT2D eigenvalue weighted by Crippen LogP contribution is 2.35. The highest BCUT2D eigenvalue weighted by molar-refractivity contribution is 5.88. The molecule has 0 N–H and O–H groups in total. The van der Waals surface area contributed by atoms with Gasteiger partial charge in [0.1, 0.15) is 0 Å². The van der Waals surface area contributed by atoms with Gasteiger partial charge in [0.2, 0.25) is 0 Å². The standard InChI is InChI=1S/C28H22N2O/c1-21-20-29(22-11-5-2-6-12-22)27-19-25(17-18-26(27)28(21)31)30(23-13-7-3-8-14-23)24-15-9-4-10-16-24/h2-20H,1H3. The molecule has 1 heterocycles. The van der Waals surface area contributed by atoms with Crippen molar-refractivity contribution in [1.82, 2.24) is 4.57 Å². The van der Waals surface area contributed by atoms with Gasteiger partial charge in [-0.3, -0.25) is 4.79 Å². The van der Waals surface area contributed by atoms with Gasteiger partial charge in [0.25, 0.3) is 0 Å². The van der Waals surface area contributed by atoms with Crippen LogP contribution in [0.25, 0.3) is 16.6 Å². The molecule has 0 aliphatic heterocycles. The molecule has 0 saturated heterocycles. The maximum Gasteiger partial charge on any atom is 0.192 e. The first kappa shape index (κ1) is 18.9. The number of para-hydroxylation sites is 3. The fourth-order valence-electron chi connectivity index (χ4n) is 3.99. The smallest absolute Gasteiger partial charge is 0.192 e. The van der Waals surface area contributed by atoms with Crippen molar-refractivity contribution in [2.24, 2.45) is 0 Å². The third kappa shape index (κ3) is 3.51. The Hall–Kier alpha value is -4.11. The van der Waals surface area contributed by atoms with Crippen LogP contribution in [0.15, 0.2) is 120 Å². The molecule has 5 aromatic rings. The van der Waals surface area contributed by atoms with Gasteiger partial charge >= 0.3 is 0 Å². The van der Waals surface area contributed by atoms with E-state index in [1.165, 1.54) is 0 Å². The van der Waals surface area contributed by atoms with Crippen LogP contribution in [0.4, 0.5) is 17.1 Å². The molecule has 3 heteroatoms. The van der Waals surface area contributed by atoms with E-state index in [4.69, 9.17) is 0 Å². The van der Waals surface area contributed by atoms with Crippen molar-refractivity contribution in [3.8, 4) is 5.69 Å². The van der Waals surface area contributed by atoms with Crippen LogP contribution in [0.5, 0.6) is 0 Å². The van der Waals surface area contributed by atoms with Gasteiger partial charge in [-0.2, -0.15) is 0 Å². The maximum absolute atomic E-state index is 12.9. The fraction of sp³-hybridized carbons (Fsp3) is 0.0357. The zero-order chi connectivity index (χ0) is 21.2. The fourth-order valence-corrected chi connectivity index (χ4v) is 3.99. The Morgan fingerprint density at radius 3 is 1.77 bits per heavy atom. The van der Waals surface area contributed by atoms with Crippen molar-refractivity contribution in [1.29, 1.82) is 0 Å². The second-order valence-corrected chi connectivity index (χ2v) is 7.55. The van der Waals surface area contributed by atoms with Gasteiger partial charge in [-0.05, 0) is 61.5 Å². The summed E-state index contributed by atoms with van der Waals surface area (Å²) in [5, 5.41) is 0.716. The van der Waals surface area contributed by atoms with E-state index >= 15 is 0 Å². The minimum absolute atomic E-state index is 0.0692. The maximum atomic E-state index is 12.9. The van der Waals surface area contributed by atoms with Crippen molar-refractivity contribution in [3.05, 3.63) is 131 Å². The molecule has 0 aliphatic rings. The van der Waals surface area contributed by atoms with Crippen molar-refractivity contribution < 1.29 is 0 Å². The number of hydrogen-bond acceptors (Lipinski definition) is 2. The average Bonchev–Trinajstić information content (AvgIpc) is 2.83. The molecule has 0 unspecified atom stereocenters. The molecule has 5 rings (SSSR count). The van der Waals surface area contributed by atoms with E-state index in [0.717, 1.165) is 33.8 Å². The Bertz CT molecular complexity index is 1350. The molecule has 0 amide bonds. The molecule has 0 fully saturated rings. The van der Waals surface area contributed by atoms with E-state index in [1.54, 1.807) is 0 Å². The zero-order valence-corrected chi connectivity index (χ0v) is 17.3. The summed E-state index contributed by atoms with van der Waals surface area (Å²) in [4.78, 5) is 15.1. The topological polar surface area (TPSA) is 25.2 Å². The van der Waals surface area contributed by atoms with Gasteiger partial charge in [0.15, 0.2) is 5.43 Å². The number of aryl methyl sites for hydroxylation is 1. The van der Waals surface area contributed by atoms with Gasteiger partial charge in [-0.25, -0.2) is 0 Å². The summed E-state index contributed by atoms with van der Waals surface area (Å²) in [5.41, 5.74) is 5.84. The van der Waals surface area contributed by atoms with E-state index in [1.807, 2.05) is 79.9 Å². The number of hydrogen-bond donors (Lipinski definition) is 0. The molecule has 0 aliphatic carbocycles. The van der Waals surface area contributed by atoms with Crippen molar-refractivity contribution in [3.63, 3.8) is 0 Å². The molecule has 150 valence electrons. The molecule has 0 bridgehead atoms. The quantitative estimate of drug-likeness (QED) is 0.331. The van der Waals surface area contributed by atoms with Crippen molar-refractivity contribution >= 4 is 28.0 Å². The SMILES string of the molecule is Cc1cn(-c2ccccc2)c2cc(N(c3ccccc3)c3ccccc3)ccc2c1=O. The monoisotopic (exact) mass is 402 g/mol. The van der Waals surface area contributed by atoms with Gasteiger partial charge in [0, 0.05) is 39.9 Å². The number of fused-ring (bicyclic) bond motifs is 1. The highest BCUT2D eigenvalue weighted by atomic mass is 16.1. The van der Waals surface area contributed by atoms with Crippen LogP contribution in [0.2, 0.25) is 0 Å². The lowest BCUT2D eigenvalue weighted by Crippen LogP contribution is -2.14. The number of aromatic nitrogens is 1. The molecule has 1 aromatic heterocycles. The Morgan fingerprint density at radius 2 is 1.19 bits per heavy atom. The molecular formula is C28H22N2O. The molecule has 3 nitrogen and oxygen atoms in total. The predicted octanol–water partition coefficient (Wildman–Crippen LogP) is 6.77. The normalized spacial score (nSPS) is 10.9. The van der Waals surface area contributed by atoms with E-state index in [9.17, 15) is 4.79 Å². The molecule has 4 aromatic carbocycles. The lowest BCUT2D eigenvalue weighted by Gasteiger charge is -2.26. The number of pyridine rings is 1. The Morgan fingerprint density at radius 1 is 0.645 bits per heavy atom. The Kier molecular flexibility index (Phi) is 4.85. The van der Waals surface area contributed by atoms with E-state index in [0.29, 0.717) is 5.39 Å². The van der Waals surface area contributed by atoms with Crippen LogP contribution < -0.4 is 10.3 Å².